The minimum atomic E-state index is 1.02. The fourth-order valence-corrected chi connectivity index (χ4v) is 6.32. The molecule has 0 N–H and O–H groups in total. The van der Waals surface area contributed by atoms with Crippen molar-refractivity contribution < 1.29 is 0 Å². The highest BCUT2D eigenvalue weighted by atomic mass is 79.9. The fraction of sp³-hybridized carbons (Fsp3) is 0.143. The lowest BCUT2D eigenvalue weighted by atomic mass is 9.85. The van der Waals surface area contributed by atoms with E-state index >= 15 is 0 Å². The molecule has 4 aliphatic carbocycles. The number of fused-ring (bicyclic) bond motifs is 3. The first kappa shape index (κ1) is 18.6. The van der Waals surface area contributed by atoms with Crippen LogP contribution in [-0.4, -0.2) is 0 Å². The average Bonchev–Trinajstić information content (AvgIpc) is 2.78. The van der Waals surface area contributed by atoms with Gasteiger partial charge in [-0.2, -0.15) is 0 Å². The highest BCUT2D eigenvalue weighted by Gasteiger charge is 2.17. The zero-order valence-electron chi connectivity index (χ0n) is 16.5. The lowest BCUT2D eigenvalue weighted by Crippen LogP contribution is -2.02. The van der Waals surface area contributed by atoms with Gasteiger partial charge in [-0.25, -0.2) is 0 Å². The Kier molecular flexibility index (Phi) is 4.47. The highest BCUT2D eigenvalue weighted by Crippen LogP contribution is 2.40. The van der Waals surface area contributed by atoms with E-state index in [1.807, 2.05) is 0 Å². The standard InChI is InChI=1S/C28H20Br2/c29-27-19-13-11-17-9-10-18(12-14-20(16-15-19)28(27)30)26-24-8-4-2-6-22(24)21-5-1-3-7-23(21)25(17)26/h1-10,15-16H,11-14H2. The van der Waals surface area contributed by atoms with Crippen molar-refractivity contribution in [2.75, 3.05) is 0 Å². The van der Waals surface area contributed by atoms with Crippen LogP contribution in [0.15, 0.2) is 81.7 Å². The summed E-state index contributed by atoms with van der Waals surface area (Å²) in [5.41, 5.74) is 5.63. The van der Waals surface area contributed by atoms with Gasteiger partial charge in [-0.05, 0) is 112 Å². The quantitative estimate of drug-likeness (QED) is 0.181. The van der Waals surface area contributed by atoms with Gasteiger partial charge in [0.25, 0.3) is 0 Å². The van der Waals surface area contributed by atoms with Gasteiger partial charge in [0.1, 0.15) is 0 Å². The molecule has 0 amide bonds. The van der Waals surface area contributed by atoms with Crippen molar-refractivity contribution >= 4 is 64.2 Å². The van der Waals surface area contributed by atoms with Crippen molar-refractivity contribution in [3.05, 3.63) is 104 Å². The van der Waals surface area contributed by atoms with Crippen molar-refractivity contribution in [2.45, 2.75) is 25.7 Å². The minimum Gasteiger partial charge on any atom is -0.0616 e. The number of rotatable bonds is 0. The van der Waals surface area contributed by atoms with E-state index in [9.17, 15) is 0 Å². The van der Waals surface area contributed by atoms with Crippen LogP contribution in [-0.2, 0) is 25.7 Å². The Hall–Kier alpha value is -2.16. The Labute approximate surface area is 193 Å². The number of benzene rings is 5. The van der Waals surface area contributed by atoms with E-state index in [-0.39, 0.29) is 0 Å². The molecule has 0 aromatic heterocycles. The molecule has 0 atom stereocenters. The number of halogens is 2. The maximum atomic E-state index is 3.85. The van der Waals surface area contributed by atoms with Gasteiger partial charge in [0, 0.05) is 8.95 Å². The molecule has 0 nitrogen and oxygen atoms in total. The van der Waals surface area contributed by atoms with Gasteiger partial charge in [0.2, 0.25) is 0 Å². The maximum absolute atomic E-state index is 3.85. The lowest BCUT2D eigenvalue weighted by Gasteiger charge is -2.19. The summed E-state index contributed by atoms with van der Waals surface area (Å²) in [6.07, 6.45) is 4.11. The molecule has 0 saturated heterocycles. The molecule has 0 unspecified atom stereocenters. The van der Waals surface area contributed by atoms with Crippen molar-refractivity contribution in [3.63, 3.8) is 0 Å². The molecule has 9 rings (SSSR count). The third-order valence-electron chi connectivity index (χ3n) is 6.63. The van der Waals surface area contributed by atoms with Gasteiger partial charge in [-0.1, -0.05) is 72.8 Å². The SMILES string of the molecule is Brc1c2ccc(c1Br)CCc1ccc(c3c4ccccc4c4ccccc4c13)CC2. The van der Waals surface area contributed by atoms with E-state index in [1.54, 1.807) is 0 Å². The van der Waals surface area contributed by atoms with Crippen molar-refractivity contribution in [3.8, 4) is 0 Å². The van der Waals surface area contributed by atoms with E-state index in [0.29, 0.717) is 0 Å². The minimum absolute atomic E-state index is 1.02. The normalized spacial score (nSPS) is 13.8. The van der Waals surface area contributed by atoms with Crippen LogP contribution in [0.5, 0.6) is 0 Å². The first-order valence-electron chi connectivity index (χ1n) is 10.5. The van der Waals surface area contributed by atoms with Gasteiger partial charge in [0.05, 0.1) is 0 Å². The Morgan fingerprint density at radius 3 is 1.17 bits per heavy atom. The Balaban J connectivity index is 1.74. The third-order valence-corrected chi connectivity index (χ3v) is 8.97. The Morgan fingerprint density at radius 1 is 0.400 bits per heavy atom. The molecule has 0 spiro atoms. The summed E-state index contributed by atoms with van der Waals surface area (Å²) in [5, 5.41) is 8.39. The van der Waals surface area contributed by atoms with Crippen LogP contribution in [0.2, 0.25) is 0 Å². The second-order valence-electron chi connectivity index (χ2n) is 8.24. The molecule has 30 heavy (non-hydrogen) atoms. The second-order valence-corrected chi connectivity index (χ2v) is 9.82. The van der Waals surface area contributed by atoms with E-state index in [1.165, 1.54) is 63.5 Å². The summed E-state index contributed by atoms with van der Waals surface area (Å²) >= 11 is 7.69. The summed E-state index contributed by atoms with van der Waals surface area (Å²) < 4.78 is 2.43. The van der Waals surface area contributed by atoms with E-state index < -0.39 is 0 Å². The molecule has 2 heteroatoms. The van der Waals surface area contributed by atoms with Crippen LogP contribution < -0.4 is 0 Å². The highest BCUT2D eigenvalue weighted by molar-refractivity contribution is 9.13. The summed E-state index contributed by atoms with van der Waals surface area (Å²) in [7, 11) is 0. The largest absolute Gasteiger partial charge is 0.0616 e. The van der Waals surface area contributed by atoms with Crippen LogP contribution in [0.25, 0.3) is 32.3 Å². The van der Waals surface area contributed by atoms with Crippen LogP contribution in [0.4, 0.5) is 0 Å². The molecule has 5 aromatic rings. The summed E-state index contributed by atoms with van der Waals surface area (Å²) in [4.78, 5) is 0. The number of aryl methyl sites for hydroxylation is 4. The molecular weight excluding hydrogens is 496 g/mol. The molecule has 0 aliphatic heterocycles. The molecule has 4 bridgehead atoms. The van der Waals surface area contributed by atoms with Gasteiger partial charge in [-0.15, -0.1) is 0 Å². The number of hydrogen-bond acceptors (Lipinski definition) is 0. The van der Waals surface area contributed by atoms with Crippen molar-refractivity contribution in [1.82, 2.24) is 0 Å². The average molecular weight is 516 g/mol. The van der Waals surface area contributed by atoms with Gasteiger partial charge in [0.15, 0.2) is 0 Å². The van der Waals surface area contributed by atoms with Crippen LogP contribution in [0, 0.1) is 0 Å². The first-order chi connectivity index (χ1) is 14.7. The zero-order valence-corrected chi connectivity index (χ0v) is 19.7. The van der Waals surface area contributed by atoms with Gasteiger partial charge >= 0.3 is 0 Å². The van der Waals surface area contributed by atoms with Gasteiger partial charge < -0.3 is 0 Å². The molecule has 4 aliphatic rings. The van der Waals surface area contributed by atoms with E-state index in [4.69, 9.17) is 0 Å². The Morgan fingerprint density at radius 2 is 0.733 bits per heavy atom. The molecule has 0 saturated carbocycles. The van der Waals surface area contributed by atoms with Crippen LogP contribution >= 0.6 is 31.9 Å². The zero-order chi connectivity index (χ0) is 20.2. The Bertz CT molecular complexity index is 1350. The topological polar surface area (TPSA) is 0 Å². The van der Waals surface area contributed by atoms with Gasteiger partial charge in [-0.3, -0.25) is 0 Å². The predicted molar refractivity (Wildman–Crippen MR) is 136 cm³/mol. The monoisotopic (exact) mass is 514 g/mol. The second kappa shape index (κ2) is 7.21. The molecular formula is C28H20Br2. The molecule has 0 radical (unpaired) electrons. The lowest BCUT2D eigenvalue weighted by molar-refractivity contribution is 0.924. The first-order valence-corrected chi connectivity index (χ1v) is 12.1. The van der Waals surface area contributed by atoms with E-state index in [0.717, 1.165) is 25.7 Å². The van der Waals surface area contributed by atoms with Crippen LogP contribution in [0.1, 0.15) is 22.3 Å². The maximum Gasteiger partial charge on any atom is 0.0352 e. The number of hydrogen-bond donors (Lipinski definition) is 0. The smallest absolute Gasteiger partial charge is 0.0352 e. The molecule has 0 heterocycles. The molecule has 146 valence electrons. The van der Waals surface area contributed by atoms with Crippen molar-refractivity contribution in [1.29, 1.82) is 0 Å². The summed E-state index contributed by atoms with van der Waals surface area (Å²) in [6.45, 7) is 0. The summed E-state index contributed by atoms with van der Waals surface area (Å²) in [6, 6.07) is 27.2. The van der Waals surface area contributed by atoms with E-state index in [2.05, 4.69) is 105 Å². The van der Waals surface area contributed by atoms with Crippen molar-refractivity contribution in [2.24, 2.45) is 0 Å². The summed E-state index contributed by atoms with van der Waals surface area (Å²) in [5.74, 6) is 0. The van der Waals surface area contributed by atoms with Crippen LogP contribution in [0.3, 0.4) is 0 Å². The predicted octanol–water partition coefficient (Wildman–Crippen LogP) is 8.56. The molecule has 5 aromatic carbocycles. The third kappa shape index (κ3) is 2.77. The fourth-order valence-electron chi connectivity index (χ4n) is 5.15. The molecule has 0 fully saturated rings.